The fourth-order valence-electron chi connectivity index (χ4n) is 5.30. The molecule has 2 nitrogen and oxygen atoms in total. The smallest absolute Gasteiger partial charge is 0.258 e. The Balaban J connectivity index is 1.88. The lowest BCUT2D eigenvalue weighted by Crippen LogP contribution is -2.50. The number of halogens is 1. The molecule has 3 rings (SSSR count). The SMILES string of the molecule is CC(C)[Si](Oc1ccc2c(c1)CCC=C2c1ccc(OCCBr)cc1)(C(C)C)C(C)C. The van der Waals surface area contributed by atoms with Crippen LogP contribution >= 0.6 is 15.9 Å². The van der Waals surface area contributed by atoms with Crippen molar-refractivity contribution >= 4 is 29.8 Å². The van der Waals surface area contributed by atoms with Gasteiger partial charge in [-0.1, -0.05) is 81.7 Å². The Labute approximate surface area is 198 Å². The summed E-state index contributed by atoms with van der Waals surface area (Å²) < 4.78 is 12.7. The summed E-state index contributed by atoms with van der Waals surface area (Å²) in [4.78, 5) is 0. The molecule has 0 heterocycles. The lowest BCUT2D eigenvalue weighted by molar-refractivity contribution is 0.345. The molecule has 0 amide bonds. The van der Waals surface area contributed by atoms with Crippen LogP contribution in [0.2, 0.25) is 16.6 Å². The molecular formula is C27H37BrO2Si. The van der Waals surface area contributed by atoms with Crippen molar-refractivity contribution in [3.8, 4) is 11.5 Å². The maximum Gasteiger partial charge on any atom is 0.258 e. The van der Waals surface area contributed by atoms with Gasteiger partial charge < -0.3 is 9.16 Å². The quantitative estimate of drug-likeness (QED) is 0.254. The molecule has 31 heavy (non-hydrogen) atoms. The Hall–Kier alpha value is -1.52. The van der Waals surface area contributed by atoms with Gasteiger partial charge in [-0.15, -0.1) is 0 Å². The number of benzene rings is 2. The van der Waals surface area contributed by atoms with Crippen molar-refractivity contribution < 1.29 is 9.16 Å². The highest BCUT2D eigenvalue weighted by Crippen LogP contribution is 2.43. The van der Waals surface area contributed by atoms with Gasteiger partial charge in [-0.3, -0.25) is 0 Å². The Morgan fingerprint density at radius 2 is 1.48 bits per heavy atom. The second kappa shape index (κ2) is 10.4. The van der Waals surface area contributed by atoms with Crippen molar-refractivity contribution in [3.63, 3.8) is 0 Å². The second-order valence-corrected chi connectivity index (χ2v) is 15.6. The molecule has 0 aromatic heterocycles. The Bertz CT molecular complexity index is 878. The first-order valence-corrected chi connectivity index (χ1v) is 14.9. The summed E-state index contributed by atoms with van der Waals surface area (Å²) in [6.07, 6.45) is 4.50. The molecule has 0 spiro atoms. The number of hydrogen-bond donors (Lipinski definition) is 0. The third-order valence-electron chi connectivity index (χ3n) is 6.64. The standard InChI is InChI=1S/C27H37BrO2Si/c1-19(2)31(20(3)4,21(5)6)30-25-14-15-27-23(18-25)8-7-9-26(27)22-10-12-24(13-11-22)29-17-16-28/h9-15,18-21H,7-8,16-17H2,1-6H3. The fraction of sp³-hybridized carbons (Fsp3) is 0.481. The van der Waals surface area contributed by atoms with Gasteiger partial charge in [0.2, 0.25) is 0 Å². The lowest BCUT2D eigenvalue weighted by Gasteiger charge is -2.42. The first-order valence-electron chi connectivity index (χ1n) is 11.6. The van der Waals surface area contributed by atoms with Crippen LogP contribution in [0.5, 0.6) is 11.5 Å². The van der Waals surface area contributed by atoms with Gasteiger partial charge in [0.1, 0.15) is 11.5 Å². The molecule has 0 unspecified atom stereocenters. The van der Waals surface area contributed by atoms with Crippen molar-refractivity contribution in [2.75, 3.05) is 11.9 Å². The van der Waals surface area contributed by atoms with Crippen LogP contribution in [-0.4, -0.2) is 20.3 Å². The normalized spacial score (nSPS) is 14.1. The van der Waals surface area contributed by atoms with Gasteiger partial charge in [0.25, 0.3) is 8.32 Å². The van der Waals surface area contributed by atoms with E-state index in [1.54, 1.807) is 0 Å². The summed E-state index contributed by atoms with van der Waals surface area (Å²) in [5, 5.41) is 0.840. The first-order chi connectivity index (χ1) is 14.8. The fourth-order valence-corrected chi connectivity index (χ4v) is 10.7. The molecule has 1 aliphatic rings. The maximum atomic E-state index is 6.95. The number of ether oxygens (including phenoxy) is 1. The minimum absolute atomic E-state index is 0.573. The van der Waals surface area contributed by atoms with Crippen molar-refractivity contribution in [2.24, 2.45) is 0 Å². The van der Waals surface area contributed by atoms with Gasteiger partial charge in [-0.05, 0) is 76.0 Å². The molecule has 0 saturated carbocycles. The zero-order valence-corrected chi connectivity index (χ0v) is 22.5. The van der Waals surface area contributed by atoms with E-state index in [0.29, 0.717) is 23.2 Å². The highest BCUT2D eigenvalue weighted by Gasteiger charge is 2.47. The number of allylic oxidation sites excluding steroid dienone is 1. The molecule has 2 aromatic carbocycles. The highest BCUT2D eigenvalue weighted by atomic mass is 79.9. The van der Waals surface area contributed by atoms with Crippen LogP contribution in [0.3, 0.4) is 0 Å². The summed E-state index contributed by atoms with van der Waals surface area (Å²) in [6.45, 7) is 14.7. The zero-order valence-electron chi connectivity index (χ0n) is 19.9. The highest BCUT2D eigenvalue weighted by molar-refractivity contribution is 9.09. The third kappa shape index (κ3) is 5.11. The van der Waals surface area contributed by atoms with Crippen LogP contribution in [0.25, 0.3) is 5.57 Å². The summed E-state index contributed by atoms with van der Waals surface area (Å²) in [5.41, 5.74) is 7.02. The number of hydrogen-bond acceptors (Lipinski definition) is 2. The largest absolute Gasteiger partial charge is 0.543 e. The van der Waals surface area contributed by atoms with Crippen LogP contribution in [-0.2, 0) is 6.42 Å². The van der Waals surface area contributed by atoms with Gasteiger partial charge in [-0.2, -0.15) is 0 Å². The van der Waals surface area contributed by atoms with Gasteiger partial charge >= 0.3 is 0 Å². The Kier molecular flexibility index (Phi) is 8.09. The van der Waals surface area contributed by atoms with E-state index in [1.807, 2.05) is 0 Å². The molecule has 0 N–H and O–H groups in total. The van der Waals surface area contributed by atoms with Crippen LogP contribution in [0.4, 0.5) is 0 Å². The Morgan fingerprint density at radius 1 is 0.871 bits per heavy atom. The number of alkyl halides is 1. The summed E-state index contributed by atoms with van der Waals surface area (Å²) >= 11 is 3.41. The number of fused-ring (bicyclic) bond motifs is 1. The average Bonchev–Trinajstić information content (AvgIpc) is 2.75. The van der Waals surface area contributed by atoms with Crippen molar-refractivity contribution in [3.05, 3.63) is 65.2 Å². The van der Waals surface area contributed by atoms with E-state index < -0.39 is 8.32 Å². The molecule has 0 bridgehead atoms. The van der Waals surface area contributed by atoms with E-state index in [1.165, 1.54) is 22.3 Å². The molecule has 2 aromatic rings. The van der Waals surface area contributed by atoms with Crippen molar-refractivity contribution in [1.82, 2.24) is 0 Å². The zero-order chi connectivity index (χ0) is 22.6. The van der Waals surface area contributed by atoms with Crippen LogP contribution < -0.4 is 9.16 Å². The van der Waals surface area contributed by atoms with Crippen LogP contribution in [0.15, 0.2) is 48.5 Å². The van der Waals surface area contributed by atoms with Crippen molar-refractivity contribution in [2.45, 2.75) is 71.0 Å². The molecule has 168 valence electrons. The van der Waals surface area contributed by atoms with E-state index in [2.05, 4.69) is 106 Å². The third-order valence-corrected chi connectivity index (χ3v) is 13.0. The molecule has 1 aliphatic carbocycles. The average molecular weight is 502 g/mol. The van der Waals surface area contributed by atoms with E-state index >= 15 is 0 Å². The summed E-state index contributed by atoms with van der Waals surface area (Å²) in [5.74, 6) is 1.97. The predicted octanol–water partition coefficient (Wildman–Crippen LogP) is 8.39. The van der Waals surface area contributed by atoms with Gasteiger partial charge in [0.15, 0.2) is 0 Å². The molecule has 4 heteroatoms. The minimum Gasteiger partial charge on any atom is -0.543 e. The first kappa shape index (κ1) is 24.1. The maximum absolute atomic E-state index is 6.95. The van der Waals surface area contributed by atoms with Crippen molar-refractivity contribution in [1.29, 1.82) is 0 Å². The molecule has 0 aliphatic heterocycles. The van der Waals surface area contributed by atoms with Gasteiger partial charge in [0, 0.05) is 5.33 Å². The monoisotopic (exact) mass is 500 g/mol. The summed E-state index contributed by atoms with van der Waals surface area (Å²) in [7, 11) is -1.94. The molecule has 0 radical (unpaired) electrons. The van der Waals surface area contributed by atoms with Crippen LogP contribution in [0, 0.1) is 0 Å². The number of aryl methyl sites for hydroxylation is 1. The molecule has 0 atom stereocenters. The molecular weight excluding hydrogens is 464 g/mol. The summed E-state index contributed by atoms with van der Waals surface area (Å²) in [6, 6.07) is 15.2. The van der Waals surface area contributed by atoms with Gasteiger partial charge in [0.05, 0.1) is 6.61 Å². The minimum atomic E-state index is -1.94. The van der Waals surface area contributed by atoms with E-state index in [0.717, 1.165) is 29.7 Å². The Morgan fingerprint density at radius 3 is 2.06 bits per heavy atom. The second-order valence-electron chi connectivity index (χ2n) is 9.46. The van der Waals surface area contributed by atoms with E-state index in [-0.39, 0.29) is 0 Å². The van der Waals surface area contributed by atoms with Gasteiger partial charge in [-0.25, -0.2) is 0 Å². The van der Waals surface area contributed by atoms with Crippen LogP contribution in [0.1, 0.15) is 64.7 Å². The number of rotatable bonds is 9. The molecule has 0 saturated heterocycles. The van der Waals surface area contributed by atoms with E-state index in [4.69, 9.17) is 9.16 Å². The lowest BCUT2D eigenvalue weighted by atomic mass is 9.87. The topological polar surface area (TPSA) is 18.5 Å². The molecule has 0 fully saturated rings. The predicted molar refractivity (Wildman–Crippen MR) is 139 cm³/mol. The van der Waals surface area contributed by atoms with E-state index in [9.17, 15) is 0 Å².